The zero-order valence-electron chi connectivity index (χ0n) is 15.0. The van der Waals surface area contributed by atoms with Crippen LogP contribution in [0.4, 0.5) is 10.5 Å². The molecule has 0 bridgehead atoms. The van der Waals surface area contributed by atoms with Gasteiger partial charge in [-0.2, -0.15) is 0 Å². The van der Waals surface area contributed by atoms with Gasteiger partial charge in [-0.3, -0.25) is 0 Å². The van der Waals surface area contributed by atoms with E-state index in [-0.39, 0.29) is 12.1 Å². The second-order valence-corrected chi connectivity index (χ2v) is 7.21. The topological polar surface area (TPSA) is 76.8 Å². The predicted molar refractivity (Wildman–Crippen MR) is 95.2 cm³/mol. The van der Waals surface area contributed by atoms with Gasteiger partial charge in [0.05, 0.1) is 12.7 Å². The van der Waals surface area contributed by atoms with Crippen LogP contribution in [0.1, 0.15) is 39.3 Å². The normalized spacial score (nSPS) is 19.7. The Balaban J connectivity index is 1.90. The van der Waals surface area contributed by atoms with E-state index in [0.29, 0.717) is 13.2 Å². The van der Waals surface area contributed by atoms with Crippen LogP contribution in [0.5, 0.6) is 0 Å². The van der Waals surface area contributed by atoms with Crippen LogP contribution in [0.2, 0.25) is 0 Å². The maximum atomic E-state index is 11.8. The molecule has 0 radical (unpaired) electrons. The van der Waals surface area contributed by atoms with E-state index in [1.165, 1.54) is 0 Å². The molecule has 1 aromatic carbocycles. The average Bonchev–Trinajstić information content (AvgIpc) is 2.52. The highest BCUT2D eigenvalue weighted by Crippen LogP contribution is 2.21. The van der Waals surface area contributed by atoms with Gasteiger partial charge in [-0.05, 0) is 45.4 Å². The molecular weight excluding hydrogens is 306 g/mol. The molecule has 2 atom stereocenters. The van der Waals surface area contributed by atoms with E-state index in [0.717, 1.165) is 24.3 Å². The van der Waals surface area contributed by atoms with Gasteiger partial charge >= 0.3 is 6.09 Å². The number of nitrogens with two attached hydrogens (primary N) is 1. The minimum absolute atomic E-state index is 0.00984. The molecule has 1 amide bonds. The Bertz CT molecular complexity index is 555. The quantitative estimate of drug-likeness (QED) is 0.884. The lowest BCUT2D eigenvalue weighted by Gasteiger charge is -2.35. The Hall–Kier alpha value is -1.79. The number of carbonyl (C=O) groups excluding carboxylic acids is 1. The summed E-state index contributed by atoms with van der Waals surface area (Å²) >= 11 is 0. The summed E-state index contributed by atoms with van der Waals surface area (Å²) < 4.78 is 11.0. The molecule has 134 valence electrons. The van der Waals surface area contributed by atoms with Crippen molar-refractivity contribution in [1.82, 2.24) is 5.32 Å². The van der Waals surface area contributed by atoms with E-state index in [4.69, 9.17) is 15.2 Å². The number of nitrogens with zero attached hydrogens (tertiary/aromatic N) is 1. The van der Waals surface area contributed by atoms with Gasteiger partial charge in [-0.1, -0.05) is 12.1 Å². The monoisotopic (exact) mass is 335 g/mol. The molecule has 1 aromatic rings. The number of nitrogens with one attached hydrogen (secondary N) is 1. The van der Waals surface area contributed by atoms with Crippen LogP contribution in [-0.2, 0) is 9.47 Å². The average molecular weight is 335 g/mol. The van der Waals surface area contributed by atoms with E-state index in [1.54, 1.807) is 0 Å². The number of carbonyl (C=O) groups is 1. The van der Waals surface area contributed by atoms with E-state index >= 15 is 0 Å². The largest absolute Gasteiger partial charge is 0.444 e. The van der Waals surface area contributed by atoms with Crippen molar-refractivity contribution in [3.8, 4) is 0 Å². The van der Waals surface area contributed by atoms with Gasteiger partial charge in [-0.25, -0.2) is 4.79 Å². The summed E-state index contributed by atoms with van der Waals surface area (Å²) in [5.74, 6) is 0. The van der Waals surface area contributed by atoms with Gasteiger partial charge < -0.3 is 25.4 Å². The van der Waals surface area contributed by atoms with Crippen molar-refractivity contribution in [3.63, 3.8) is 0 Å². The number of benzene rings is 1. The SMILES string of the molecule is C[C@H](N)c1cccc(N2CCOC(CNC(=O)OC(C)(C)C)C2)c1. The summed E-state index contributed by atoms with van der Waals surface area (Å²) in [5.41, 5.74) is 7.72. The van der Waals surface area contributed by atoms with Crippen molar-refractivity contribution in [2.75, 3.05) is 31.1 Å². The highest BCUT2D eigenvalue weighted by Gasteiger charge is 2.23. The standard InChI is InChI=1S/C18H29N3O3/c1-13(19)14-6-5-7-15(10-14)21-8-9-23-16(12-21)11-20-17(22)24-18(2,3)4/h5-7,10,13,16H,8-9,11-12,19H2,1-4H3,(H,20,22)/t13-,16?/m0/s1. The number of amides is 1. The van der Waals surface area contributed by atoms with Crippen molar-refractivity contribution in [2.24, 2.45) is 5.73 Å². The number of hydrogen-bond acceptors (Lipinski definition) is 5. The summed E-state index contributed by atoms with van der Waals surface area (Å²) in [6.07, 6.45) is -0.479. The molecule has 1 unspecified atom stereocenters. The van der Waals surface area contributed by atoms with Crippen LogP contribution < -0.4 is 16.0 Å². The fraction of sp³-hybridized carbons (Fsp3) is 0.611. The Morgan fingerprint density at radius 1 is 1.50 bits per heavy atom. The summed E-state index contributed by atoms with van der Waals surface area (Å²) in [5, 5.41) is 2.78. The van der Waals surface area contributed by atoms with Gasteiger partial charge in [0.1, 0.15) is 5.60 Å². The lowest BCUT2D eigenvalue weighted by molar-refractivity contribution is 0.0283. The lowest BCUT2D eigenvalue weighted by atomic mass is 10.1. The molecule has 3 N–H and O–H groups in total. The second kappa shape index (κ2) is 7.85. The third-order valence-corrected chi connectivity index (χ3v) is 3.77. The van der Waals surface area contributed by atoms with Crippen LogP contribution >= 0.6 is 0 Å². The molecule has 1 saturated heterocycles. The van der Waals surface area contributed by atoms with Crippen molar-refractivity contribution >= 4 is 11.8 Å². The summed E-state index contributed by atoms with van der Waals surface area (Å²) in [6.45, 7) is 10.1. The first-order valence-electron chi connectivity index (χ1n) is 8.43. The van der Waals surface area contributed by atoms with E-state index in [1.807, 2.05) is 39.8 Å². The fourth-order valence-corrected chi connectivity index (χ4v) is 2.59. The van der Waals surface area contributed by atoms with Gasteiger partial charge in [0.2, 0.25) is 0 Å². The van der Waals surface area contributed by atoms with Crippen LogP contribution in [-0.4, -0.2) is 44.0 Å². The number of ether oxygens (including phenoxy) is 2. The van der Waals surface area contributed by atoms with Crippen molar-refractivity contribution in [2.45, 2.75) is 45.4 Å². The Morgan fingerprint density at radius 2 is 2.25 bits per heavy atom. The van der Waals surface area contributed by atoms with Crippen molar-refractivity contribution in [3.05, 3.63) is 29.8 Å². The Kier molecular flexibility index (Phi) is 6.07. The molecule has 24 heavy (non-hydrogen) atoms. The molecule has 0 spiro atoms. The molecule has 1 fully saturated rings. The first-order chi connectivity index (χ1) is 11.2. The van der Waals surface area contributed by atoms with Gasteiger partial charge in [0.25, 0.3) is 0 Å². The van der Waals surface area contributed by atoms with Crippen LogP contribution in [0.15, 0.2) is 24.3 Å². The molecule has 6 nitrogen and oxygen atoms in total. The maximum Gasteiger partial charge on any atom is 0.407 e. The molecule has 0 aliphatic carbocycles. The maximum absolute atomic E-state index is 11.8. The minimum atomic E-state index is -0.497. The van der Waals surface area contributed by atoms with Crippen LogP contribution in [0.25, 0.3) is 0 Å². The Morgan fingerprint density at radius 3 is 2.92 bits per heavy atom. The zero-order chi connectivity index (χ0) is 17.7. The third kappa shape index (κ3) is 5.69. The number of morpholine rings is 1. The number of anilines is 1. The number of alkyl carbamates (subject to hydrolysis) is 1. The van der Waals surface area contributed by atoms with E-state index < -0.39 is 11.7 Å². The van der Waals surface area contributed by atoms with Crippen molar-refractivity contribution < 1.29 is 14.3 Å². The lowest BCUT2D eigenvalue weighted by Crippen LogP contribution is -2.48. The molecule has 0 aromatic heterocycles. The highest BCUT2D eigenvalue weighted by molar-refractivity contribution is 5.67. The van der Waals surface area contributed by atoms with E-state index in [9.17, 15) is 4.79 Å². The number of hydrogen-bond donors (Lipinski definition) is 2. The molecule has 0 saturated carbocycles. The molecular formula is C18H29N3O3. The smallest absolute Gasteiger partial charge is 0.407 e. The molecule has 1 heterocycles. The molecule has 2 rings (SSSR count). The summed E-state index contributed by atoms with van der Waals surface area (Å²) in [7, 11) is 0. The van der Waals surface area contributed by atoms with Gasteiger partial charge in [0.15, 0.2) is 0 Å². The van der Waals surface area contributed by atoms with Gasteiger partial charge in [-0.15, -0.1) is 0 Å². The van der Waals surface area contributed by atoms with Crippen LogP contribution in [0.3, 0.4) is 0 Å². The van der Waals surface area contributed by atoms with Crippen LogP contribution in [0, 0.1) is 0 Å². The predicted octanol–water partition coefficient (Wildman–Crippen LogP) is 2.44. The Labute approximate surface area is 144 Å². The zero-order valence-corrected chi connectivity index (χ0v) is 15.0. The second-order valence-electron chi connectivity index (χ2n) is 7.21. The first-order valence-corrected chi connectivity index (χ1v) is 8.43. The molecule has 1 aliphatic heterocycles. The van der Waals surface area contributed by atoms with E-state index in [2.05, 4.69) is 22.3 Å². The molecule has 6 heteroatoms. The molecule has 1 aliphatic rings. The summed E-state index contributed by atoms with van der Waals surface area (Å²) in [4.78, 5) is 14.0. The highest BCUT2D eigenvalue weighted by atomic mass is 16.6. The summed E-state index contributed by atoms with van der Waals surface area (Å²) in [6, 6.07) is 8.27. The first kappa shape index (κ1) is 18.5. The number of rotatable bonds is 4. The minimum Gasteiger partial charge on any atom is -0.444 e. The van der Waals surface area contributed by atoms with Gasteiger partial charge in [0, 0.05) is 31.4 Å². The fourth-order valence-electron chi connectivity index (χ4n) is 2.59. The third-order valence-electron chi connectivity index (χ3n) is 3.77. The van der Waals surface area contributed by atoms with Crippen molar-refractivity contribution in [1.29, 1.82) is 0 Å².